The van der Waals surface area contributed by atoms with E-state index in [4.69, 9.17) is 4.74 Å². The summed E-state index contributed by atoms with van der Waals surface area (Å²) in [5, 5.41) is 0. The maximum atomic E-state index is 13.2. The summed E-state index contributed by atoms with van der Waals surface area (Å²) >= 11 is 0. The molecule has 0 radical (unpaired) electrons. The van der Waals surface area contributed by atoms with Crippen LogP contribution in [-0.2, 0) is 16.6 Å². The van der Waals surface area contributed by atoms with Crippen molar-refractivity contribution in [3.63, 3.8) is 0 Å². The van der Waals surface area contributed by atoms with E-state index in [0.29, 0.717) is 11.4 Å². The topological polar surface area (TPSA) is 46.6 Å². The Balaban J connectivity index is 2.08. The third kappa shape index (κ3) is 3.86. The molecule has 3 aromatic rings. The molecule has 0 fully saturated rings. The van der Waals surface area contributed by atoms with Gasteiger partial charge in [0.15, 0.2) is 0 Å². The highest BCUT2D eigenvalue weighted by Crippen LogP contribution is 2.28. The molecule has 0 saturated carbocycles. The lowest BCUT2D eigenvalue weighted by atomic mass is 10.2. The molecule has 6 heteroatoms. The molecule has 134 valence electrons. The molecule has 0 bridgehead atoms. The van der Waals surface area contributed by atoms with Gasteiger partial charge in [-0.25, -0.2) is 12.8 Å². The van der Waals surface area contributed by atoms with Crippen molar-refractivity contribution in [3.8, 4) is 5.75 Å². The Morgan fingerprint density at radius 1 is 0.923 bits per heavy atom. The van der Waals surface area contributed by atoms with Crippen molar-refractivity contribution in [1.82, 2.24) is 0 Å². The van der Waals surface area contributed by atoms with E-state index in [1.807, 2.05) is 30.3 Å². The number of sulfonamides is 1. The third-order valence-electron chi connectivity index (χ3n) is 3.91. The van der Waals surface area contributed by atoms with E-state index in [-0.39, 0.29) is 11.4 Å². The molecule has 0 aromatic heterocycles. The van der Waals surface area contributed by atoms with Crippen molar-refractivity contribution in [2.24, 2.45) is 0 Å². The normalized spacial score (nSPS) is 11.2. The monoisotopic (exact) mass is 371 g/mol. The van der Waals surface area contributed by atoms with E-state index in [2.05, 4.69) is 0 Å². The first-order chi connectivity index (χ1) is 12.5. The van der Waals surface area contributed by atoms with Gasteiger partial charge in [-0.3, -0.25) is 4.31 Å². The molecule has 0 N–H and O–H groups in total. The zero-order valence-electron chi connectivity index (χ0n) is 14.2. The molecule has 0 spiro atoms. The standard InChI is InChI=1S/C20H18FNO3S/c1-25-19-9-5-8-18(14-19)22(15-16-6-3-2-4-7-16)26(23,24)20-12-10-17(21)11-13-20/h2-14H,15H2,1H3. The smallest absolute Gasteiger partial charge is 0.264 e. The SMILES string of the molecule is COc1cccc(N(Cc2ccccc2)S(=O)(=O)c2ccc(F)cc2)c1. The molecular weight excluding hydrogens is 353 g/mol. The van der Waals surface area contributed by atoms with Crippen molar-refractivity contribution >= 4 is 15.7 Å². The predicted octanol–water partition coefficient (Wildman–Crippen LogP) is 4.23. The fourth-order valence-electron chi connectivity index (χ4n) is 2.56. The van der Waals surface area contributed by atoms with Gasteiger partial charge in [0, 0.05) is 6.07 Å². The second-order valence-corrected chi connectivity index (χ2v) is 7.51. The molecule has 4 nitrogen and oxygen atoms in total. The number of halogens is 1. The van der Waals surface area contributed by atoms with Crippen LogP contribution in [-0.4, -0.2) is 15.5 Å². The van der Waals surface area contributed by atoms with Gasteiger partial charge in [-0.1, -0.05) is 36.4 Å². The van der Waals surface area contributed by atoms with Crippen LogP contribution in [0.4, 0.5) is 10.1 Å². The molecule has 0 aliphatic rings. The van der Waals surface area contributed by atoms with E-state index < -0.39 is 15.8 Å². The Hall–Kier alpha value is -2.86. The highest BCUT2D eigenvalue weighted by molar-refractivity contribution is 7.92. The Morgan fingerprint density at radius 3 is 2.27 bits per heavy atom. The number of hydrogen-bond acceptors (Lipinski definition) is 3. The van der Waals surface area contributed by atoms with Gasteiger partial charge in [0.1, 0.15) is 11.6 Å². The molecule has 0 atom stereocenters. The van der Waals surface area contributed by atoms with Crippen molar-refractivity contribution < 1.29 is 17.5 Å². The maximum Gasteiger partial charge on any atom is 0.264 e. The molecular formula is C20H18FNO3S. The summed E-state index contributed by atoms with van der Waals surface area (Å²) in [7, 11) is -2.36. The van der Waals surface area contributed by atoms with Crippen LogP contribution in [0.15, 0.2) is 83.8 Å². The second kappa shape index (κ2) is 7.58. The Labute approximate surface area is 152 Å². The number of anilines is 1. The van der Waals surface area contributed by atoms with Crippen LogP contribution >= 0.6 is 0 Å². The first-order valence-electron chi connectivity index (χ1n) is 7.97. The number of nitrogens with zero attached hydrogens (tertiary/aromatic N) is 1. The lowest BCUT2D eigenvalue weighted by Crippen LogP contribution is -2.30. The van der Waals surface area contributed by atoms with E-state index >= 15 is 0 Å². The number of rotatable bonds is 6. The molecule has 0 heterocycles. The van der Waals surface area contributed by atoms with Crippen LogP contribution in [0.5, 0.6) is 5.75 Å². The van der Waals surface area contributed by atoms with Crippen molar-refractivity contribution in [2.75, 3.05) is 11.4 Å². The first-order valence-corrected chi connectivity index (χ1v) is 9.41. The number of benzene rings is 3. The lowest BCUT2D eigenvalue weighted by Gasteiger charge is -2.25. The van der Waals surface area contributed by atoms with E-state index in [1.54, 1.807) is 24.3 Å². The summed E-state index contributed by atoms with van der Waals surface area (Å²) in [6.07, 6.45) is 0. The Bertz CT molecular complexity index is 973. The minimum Gasteiger partial charge on any atom is -0.497 e. The summed E-state index contributed by atoms with van der Waals surface area (Å²) in [5.41, 5.74) is 1.30. The highest BCUT2D eigenvalue weighted by Gasteiger charge is 2.25. The van der Waals surface area contributed by atoms with Crippen LogP contribution in [0.2, 0.25) is 0 Å². The van der Waals surface area contributed by atoms with Crippen LogP contribution in [0.25, 0.3) is 0 Å². The Morgan fingerprint density at radius 2 is 1.62 bits per heavy atom. The zero-order chi connectivity index (χ0) is 18.6. The van der Waals surface area contributed by atoms with Crippen LogP contribution in [0, 0.1) is 5.82 Å². The maximum absolute atomic E-state index is 13.2. The summed E-state index contributed by atoms with van der Waals surface area (Å²) in [6, 6.07) is 20.9. The molecule has 0 unspecified atom stereocenters. The van der Waals surface area contributed by atoms with Crippen LogP contribution < -0.4 is 9.04 Å². The number of ether oxygens (including phenoxy) is 1. The van der Waals surface area contributed by atoms with Gasteiger partial charge in [-0.15, -0.1) is 0 Å². The number of methoxy groups -OCH3 is 1. The molecule has 0 aliphatic heterocycles. The molecule has 0 aliphatic carbocycles. The molecule has 3 aromatic carbocycles. The van der Waals surface area contributed by atoms with Crippen molar-refractivity contribution in [3.05, 3.63) is 90.2 Å². The van der Waals surface area contributed by atoms with Gasteiger partial charge in [-0.05, 0) is 42.0 Å². The molecule has 0 saturated heterocycles. The third-order valence-corrected chi connectivity index (χ3v) is 5.70. The quantitative estimate of drug-likeness (QED) is 0.651. The van der Waals surface area contributed by atoms with Gasteiger partial charge in [0.2, 0.25) is 0 Å². The van der Waals surface area contributed by atoms with Crippen LogP contribution in [0.1, 0.15) is 5.56 Å². The largest absolute Gasteiger partial charge is 0.497 e. The van der Waals surface area contributed by atoms with Gasteiger partial charge in [0.05, 0.1) is 24.2 Å². The summed E-state index contributed by atoms with van der Waals surface area (Å²) in [4.78, 5) is 0.0256. The van der Waals surface area contributed by atoms with Gasteiger partial charge in [-0.2, -0.15) is 0 Å². The summed E-state index contributed by atoms with van der Waals surface area (Å²) in [5.74, 6) is 0.0646. The average molecular weight is 371 g/mol. The fraction of sp³-hybridized carbons (Fsp3) is 0.100. The number of hydrogen-bond donors (Lipinski definition) is 0. The van der Waals surface area contributed by atoms with E-state index in [9.17, 15) is 12.8 Å². The van der Waals surface area contributed by atoms with Crippen molar-refractivity contribution in [2.45, 2.75) is 11.4 Å². The second-order valence-electron chi connectivity index (χ2n) is 5.65. The van der Waals surface area contributed by atoms with Gasteiger partial charge >= 0.3 is 0 Å². The Kier molecular flexibility index (Phi) is 5.23. The first kappa shape index (κ1) is 17.9. The highest BCUT2D eigenvalue weighted by atomic mass is 32.2. The predicted molar refractivity (Wildman–Crippen MR) is 99.2 cm³/mol. The van der Waals surface area contributed by atoms with Gasteiger partial charge in [0.25, 0.3) is 10.0 Å². The molecule has 0 amide bonds. The summed E-state index contributed by atoms with van der Waals surface area (Å²) < 4.78 is 46.1. The zero-order valence-corrected chi connectivity index (χ0v) is 15.0. The lowest BCUT2D eigenvalue weighted by molar-refractivity contribution is 0.415. The minimum absolute atomic E-state index is 0.0256. The van der Waals surface area contributed by atoms with Crippen molar-refractivity contribution in [1.29, 1.82) is 0 Å². The molecule has 26 heavy (non-hydrogen) atoms. The van der Waals surface area contributed by atoms with E-state index in [0.717, 1.165) is 17.7 Å². The minimum atomic E-state index is -3.88. The van der Waals surface area contributed by atoms with E-state index in [1.165, 1.54) is 23.5 Å². The summed E-state index contributed by atoms with van der Waals surface area (Å²) in [6.45, 7) is 0.147. The molecule has 3 rings (SSSR count). The van der Waals surface area contributed by atoms with Crippen LogP contribution in [0.3, 0.4) is 0 Å². The van der Waals surface area contributed by atoms with Gasteiger partial charge < -0.3 is 4.74 Å². The fourth-order valence-corrected chi connectivity index (χ4v) is 4.01. The average Bonchev–Trinajstić information content (AvgIpc) is 2.67.